The minimum Gasteiger partial charge on any atom is -0.491 e. The predicted molar refractivity (Wildman–Crippen MR) is 61.9 cm³/mol. The first-order valence-corrected chi connectivity index (χ1v) is 5.19. The molecular weight excluding hydrogens is 222 g/mol. The highest BCUT2D eigenvalue weighted by molar-refractivity contribution is 5.82. The molecule has 0 heterocycles. The predicted octanol–water partition coefficient (Wildman–Crippen LogP) is 0.963. The van der Waals surface area contributed by atoms with Crippen molar-refractivity contribution >= 4 is 11.9 Å². The van der Waals surface area contributed by atoms with Crippen molar-refractivity contribution in [2.75, 3.05) is 6.61 Å². The van der Waals surface area contributed by atoms with E-state index in [1.54, 1.807) is 12.1 Å². The molecule has 1 aromatic rings. The van der Waals surface area contributed by atoms with Gasteiger partial charge in [0, 0.05) is 6.92 Å². The number of hydrogen-bond donors (Lipinski definition) is 2. The van der Waals surface area contributed by atoms with E-state index in [1.165, 1.54) is 6.92 Å². The third kappa shape index (κ3) is 4.14. The molecule has 1 amide bonds. The van der Waals surface area contributed by atoms with E-state index in [-0.39, 0.29) is 6.61 Å². The second-order valence-electron chi connectivity index (χ2n) is 3.67. The molecule has 17 heavy (non-hydrogen) atoms. The number of carboxylic acids is 1. The number of para-hydroxylation sites is 1. The van der Waals surface area contributed by atoms with Gasteiger partial charge >= 0.3 is 5.97 Å². The van der Waals surface area contributed by atoms with E-state index in [4.69, 9.17) is 9.84 Å². The fourth-order valence-corrected chi connectivity index (χ4v) is 1.31. The molecule has 0 aliphatic rings. The van der Waals surface area contributed by atoms with Gasteiger partial charge in [0.25, 0.3) is 0 Å². The third-order valence-electron chi connectivity index (χ3n) is 2.17. The average molecular weight is 237 g/mol. The van der Waals surface area contributed by atoms with Crippen LogP contribution in [0.15, 0.2) is 24.3 Å². The molecule has 5 heteroatoms. The number of rotatable bonds is 5. The number of aliphatic carboxylic acids is 1. The Labute approximate surface area is 99.4 Å². The zero-order valence-electron chi connectivity index (χ0n) is 9.77. The number of aryl methyl sites for hydroxylation is 1. The van der Waals surface area contributed by atoms with Crippen LogP contribution in [0, 0.1) is 6.92 Å². The van der Waals surface area contributed by atoms with Crippen LogP contribution in [0.5, 0.6) is 5.75 Å². The first kappa shape index (κ1) is 13.0. The number of carbonyl (C=O) groups is 2. The van der Waals surface area contributed by atoms with Crippen molar-refractivity contribution < 1.29 is 19.4 Å². The second kappa shape index (κ2) is 5.89. The molecule has 0 aromatic heterocycles. The fraction of sp³-hybridized carbons (Fsp3) is 0.333. The molecule has 0 spiro atoms. The number of nitrogens with one attached hydrogen (secondary N) is 1. The second-order valence-corrected chi connectivity index (χ2v) is 3.67. The minimum atomic E-state index is -1.12. The summed E-state index contributed by atoms with van der Waals surface area (Å²) in [6.07, 6.45) is 0. The van der Waals surface area contributed by atoms with Crippen molar-refractivity contribution in [1.29, 1.82) is 0 Å². The smallest absolute Gasteiger partial charge is 0.329 e. The van der Waals surface area contributed by atoms with Crippen LogP contribution in [0.2, 0.25) is 0 Å². The number of hydrogen-bond acceptors (Lipinski definition) is 3. The lowest BCUT2D eigenvalue weighted by atomic mass is 10.2. The lowest BCUT2D eigenvalue weighted by Crippen LogP contribution is -2.43. The Hall–Kier alpha value is -2.04. The molecule has 1 atom stereocenters. The summed E-state index contributed by atoms with van der Waals surface area (Å²) in [4.78, 5) is 21.7. The van der Waals surface area contributed by atoms with E-state index in [2.05, 4.69) is 5.32 Å². The topological polar surface area (TPSA) is 75.6 Å². The summed E-state index contributed by atoms with van der Waals surface area (Å²) in [5.74, 6) is -0.899. The van der Waals surface area contributed by atoms with Crippen LogP contribution in [-0.4, -0.2) is 29.6 Å². The highest BCUT2D eigenvalue weighted by Crippen LogP contribution is 2.16. The SMILES string of the molecule is CC(=O)NC(COc1ccccc1C)C(=O)O. The number of amides is 1. The van der Waals surface area contributed by atoms with E-state index < -0.39 is 17.9 Å². The van der Waals surface area contributed by atoms with Crippen molar-refractivity contribution in [1.82, 2.24) is 5.32 Å². The number of carbonyl (C=O) groups excluding carboxylic acids is 1. The largest absolute Gasteiger partial charge is 0.491 e. The van der Waals surface area contributed by atoms with Gasteiger partial charge in [-0.3, -0.25) is 4.79 Å². The maximum atomic E-state index is 10.8. The molecule has 0 bridgehead atoms. The van der Waals surface area contributed by atoms with Gasteiger partial charge in [0.15, 0.2) is 6.04 Å². The van der Waals surface area contributed by atoms with Gasteiger partial charge in [-0.1, -0.05) is 18.2 Å². The van der Waals surface area contributed by atoms with Crippen molar-refractivity contribution in [3.05, 3.63) is 29.8 Å². The van der Waals surface area contributed by atoms with Crippen molar-refractivity contribution in [3.63, 3.8) is 0 Å². The Morgan fingerprint density at radius 1 is 1.41 bits per heavy atom. The van der Waals surface area contributed by atoms with Crippen molar-refractivity contribution in [2.45, 2.75) is 19.9 Å². The maximum Gasteiger partial charge on any atom is 0.329 e. The van der Waals surface area contributed by atoms with Crippen LogP contribution < -0.4 is 10.1 Å². The van der Waals surface area contributed by atoms with Gasteiger partial charge in [-0.25, -0.2) is 4.79 Å². The summed E-state index contributed by atoms with van der Waals surface area (Å²) in [5.41, 5.74) is 0.916. The Kier molecular flexibility index (Phi) is 4.51. The van der Waals surface area contributed by atoms with E-state index in [9.17, 15) is 9.59 Å². The lowest BCUT2D eigenvalue weighted by molar-refractivity contribution is -0.142. The van der Waals surface area contributed by atoms with Crippen LogP contribution in [0.3, 0.4) is 0 Å². The first-order valence-electron chi connectivity index (χ1n) is 5.19. The zero-order chi connectivity index (χ0) is 12.8. The van der Waals surface area contributed by atoms with E-state index >= 15 is 0 Å². The molecular formula is C12H15NO4. The average Bonchev–Trinajstić information content (AvgIpc) is 2.25. The van der Waals surface area contributed by atoms with Crippen LogP contribution >= 0.6 is 0 Å². The highest BCUT2D eigenvalue weighted by Gasteiger charge is 2.19. The minimum absolute atomic E-state index is 0.0975. The summed E-state index contributed by atoms with van der Waals surface area (Å²) >= 11 is 0. The van der Waals surface area contributed by atoms with Crippen LogP contribution in [-0.2, 0) is 9.59 Å². The number of carboxylic acid groups (broad SMARTS) is 1. The van der Waals surface area contributed by atoms with Crippen LogP contribution in [0.25, 0.3) is 0 Å². The number of ether oxygens (including phenoxy) is 1. The molecule has 5 nitrogen and oxygen atoms in total. The van der Waals surface area contributed by atoms with Crippen LogP contribution in [0.4, 0.5) is 0 Å². The molecule has 1 aromatic carbocycles. The number of benzene rings is 1. The fourth-order valence-electron chi connectivity index (χ4n) is 1.31. The summed E-state index contributed by atoms with van der Waals surface area (Å²) in [7, 11) is 0. The standard InChI is InChI=1S/C12H15NO4/c1-8-5-3-4-6-11(8)17-7-10(12(15)16)13-9(2)14/h3-6,10H,7H2,1-2H3,(H,13,14)(H,15,16). The van der Waals surface area contributed by atoms with Gasteiger partial charge in [0.05, 0.1) is 0 Å². The monoisotopic (exact) mass is 237 g/mol. The van der Waals surface area contributed by atoms with E-state index in [0.29, 0.717) is 5.75 Å². The van der Waals surface area contributed by atoms with Gasteiger partial charge in [0.2, 0.25) is 5.91 Å². The summed E-state index contributed by atoms with van der Waals surface area (Å²) < 4.78 is 5.37. The molecule has 1 rings (SSSR count). The Morgan fingerprint density at radius 3 is 2.59 bits per heavy atom. The molecule has 0 saturated carbocycles. The lowest BCUT2D eigenvalue weighted by Gasteiger charge is -2.15. The molecule has 0 aliphatic carbocycles. The molecule has 0 radical (unpaired) electrons. The molecule has 0 aliphatic heterocycles. The zero-order valence-corrected chi connectivity index (χ0v) is 9.77. The van der Waals surface area contributed by atoms with E-state index in [0.717, 1.165) is 5.56 Å². The van der Waals surface area contributed by atoms with Gasteiger partial charge < -0.3 is 15.2 Å². The molecule has 0 fully saturated rings. The van der Waals surface area contributed by atoms with Gasteiger partial charge in [-0.15, -0.1) is 0 Å². The Morgan fingerprint density at radius 2 is 2.06 bits per heavy atom. The maximum absolute atomic E-state index is 10.8. The quantitative estimate of drug-likeness (QED) is 0.799. The summed E-state index contributed by atoms with van der Waals surface area (Å²) in [6.45, 7) is 3.03. The Balaban J connectivity index is 2.61. The molecule has 2 N–H and O–H groups in total. The molecule has 0 saturated heterocycles. The summed E-state index contributed by atoms with van der Waals surface area (Å²) in [6, 6.07) is 6.25. The van der Waals surface area contributed by atoms with Crippen molar-refractivity contribution in [2.24, 2.45) is 0 Å². The van der Waals surface area contributed by atoms with Crippen molar-refractivity contribution in [3.8, 4) is 5.75 Å². The summed E-state index contributed by atoms with van der Waals surface area (Å²) in [5, 5.41) is 11.2. The highest BCUT2D eigenvalue weighted by atomic mass is 16.5. The third-order valence-corrected chi connectivity index (χ3v) is 2.17. The van der Waals surface area contributed by atoms with Gasteiger partial charge in [-0.05, 0) is 18.6 Å². The first-order chi connectivity index (χ1) is 8.00. The van der Waals surface area contributed by atoms with E-state index in [1.807, 2.05) is 19.1 Å². The Bertz CT molecular complexity index is 417. The van der Waals surface area contributed by atoms with Crippen LogP contribution in [0.1, 0.15) is 12.5 Å². The normalized spacial score (nSPS) is 11.6. The molecule has 1 unspecified atom stereocenters. The molecule has 92 valence electrons. The van der Waals surface area contributed by atoms with Gasteiger partial charge in [-0.2, -0.15) is 0 Å². The van der Waals surface area contributed by atoms with Gasteiger partial charge in [0.1, 0.15) is 12.4 Å².